The van der Waals surface area contributed by atoms with Gasteiger partial charge in [-0.3, -0.25) is 9.89 Å². The topological polar surface area (TPSA) is 15.0 Å². The van der Waals surface area contributed by atoms with Crippen molar-refractivity contribution in [1.82, 2.24) is 5.32 Å². The van der Waals surface area contributed by atoms with Crippen LogP contribution < -0.4 is 5.32 Å². The van der Waals surface area contributed by atoms with Crippen LogP contribution in [0.15, 0.2) is 0 Å². The van der Waals surface area contributed by atoms with Crippen LogP contribution in [0.1, 0.15) is 19.3 Å². The second-order valence-corrected chi connectivity index (χ2v) is 2.82. The Kier molecular flexibility index (Phi) is 1.18. The lowest BCUT2D eigenvalue weighted by molar-refractivity contribution is -0.525. The van der Waals surface area contributed by atoms with Gasteiger partial charge in [0.15, 0.2) is 0 Å². The zero-order valence-electron chi connectivity index (χ0n) is 5.69. The minimum Gasteiger partial charge on any atom is -0.278 e. The lowest BCUT2D eigenvalue weighted by atomic mass is 10.3. The molecular formula is C7H13N2+. The van der Waals surface area contributed by atoms with Gasteiger partial charge in [-0.25, -0.2) is 0 Å². The molecule has 1 N–H and O–H groups in total. The van der Waals surface area contributed by atoms with E-state index in [0.717, 1.165) is 0 Å². The highest BCUT2D eigenvalue weighted by atomic mass is 15.2. The molecule has 0 aromatic rings. The van der Waals surface area contributed by atoms with E-state index in [0.29, 0.717) is 0 Å². The molecule has 0 saturated heterocycles. The maximum absolute atomic E-state index is 3.42. The molecule has 2 rings (SSSR count). The van der Waals surface area contributed by atoms with Crippen molar-refractivity contribution < 1.29 is 4.58 Å². The van der Waals surface area contributed by atoms with Gasteiger partial charge in [-0.2, -0.15) is 0 Å². The largest absolute Gasteiger partial charge is 0.278 e. The molecule has 0 aromatic carbocycles. The predicted molar refractivity (Wildman–Crippen MR) is 36.9 cm³/mol. The zero-order valence-corrected chi connectivity index (χ0v) is 5.69. The Hall–Kier alpha value is -0.530. The van der Waals surface area contributed by atoms with Crippen molar-refractivity contribution in [3.63, 3.8) is 0 Å². The van der Waals surface area contributed by atoms with E-state index >= 15 is 0 Å². The molecule has 2 nitrogen and oxygen atoms in total. The molecule has 2 aliphatic rings. The van der Waals surface area contributed by atoms with E-state index in [1.807, 2.05) is 0 Å². The number of amidine groups is 1. The normalized spacial score (nSPS) is 25.8. The summed E-state index contributed by atoms with van der Waals surface area (Å²) in [5.41, 5.74) is 0. The van der Waals surface area contributed by atoms with E-state index in [4.69, 9.17) is 0 Å². The molecule has 0 saturated carbocycles. The van der Waals surface area contributed by atoms with Gasteiger partial charge in [0, 0.05) is 6.42 Å². The lowest BCUT2D eigenvalue weighted by Gasteiger charge is -2.09. The van der Waals surface area contributed by atoms with E-state index < -0.39 is 0 Å². The highest BCUT2D eigenvalue weighted by Gasteiger charge is 2.22. The van der Waals surface area contributed by atoms with Crippen molar-refractivity contribution in [2.75, 3.05) is 19.6 Å². The Morgan fingerprint density at radius 1 is 1.22 bits per heavy atom. The van der Waals surface area contributed by atoms with E-state index in [1.165, 1.54) is 44.7 Å². The van der Waals surface area contributed by atoms with E-state index in [2.05, 4.69) is 9.89 Å². The molecule has 2 aliphatic heterocycles. The molecule has 0 amide bonds. The Bertz CT molecular complexity index is 133. The maximum Gasteiger partial charge on any atom is 0.244 e. The van der Waals surface area contributed by atoms with Crippen LogP contribution in [0.25, 0.3) is 0 Å². The van der Waals surface area contributed by atoms with E-state index in [-0.39, 0.29) is 0 Å². The zero-order chi connectivity index (χ0) is 6.10. The summed E-state index contributed by atoms with van der Waals surface area (Å²) in [7, 11) is 0. The van der Waals surface area contributed by atoms with Gasteiger partial charge < -0.3 is 0 Å². The fourth-order valence-electron chi connectivity index (χ4n) is 1.68. The number of hydrogen-bond acceptors (Lipinski definition) is 1. The smallest absolute Gasteiger partial charge is 0.244 e. The third-order valence-electron chi connectivity index (χ3n) is 2.16. The quantitative estimate of drug-likeness (QED) is 0.456. The van der Waals surface area contributed by atoms with Gasteiger partial charge in [-0.05, 0) is 6.42 Å². The SMILES string of the molecule is C1CNC2=[N+](C1)CCC2. The van der Waals surface area contributed by atoms with Crippen molar-refractivity contribution in [1.29, 1.82) is 0 Å². The monoisotopic (exact) mass is 125 g/mol. The molecule has 9 heavy (non-hydrogen) atoms. The molecule has 0 aliphatic carbocycles. The molecule has 50 valence electrons. The summed E-state index contributed by atoms with van der Waals surface area (Å²) in [5.74, 6) is 1.50. The first-order valence-electron chi connectivity index (χ1n) is 3.81. The molecule has 0 unspecified atom stereocenters. The number of nitrogens with zero attached hydrogens (tertiary/aromatic N) is 1. The highest BCUT2D eigenvalue weighted by Crippen LogP contribution is 2.05. The fraction of sp³-hybridized carbons (Fsp3) is 0.857. The summed E-state index contributed by atoms with van der Waals surface area (Å²) in [6.07, 6.45) is 3.98. The van der Waals surface area contributed by atoms with Gasteiger partial charge in [0.2, 0.25) is 5.84 Å². The third kappa shape index (κ3) is 0.824. The molecular weight excluding hydrogens is 112 g/mol. The van der Waals surface area contributed by atoms with Crippen molar-refractivity contribution in [3.05, 3.63) is 0 Å². The second kappa shape index (κ2) is 2.01. The molecule has 0 bridgehead atoms. The van der Waals surface area contributed by atoms with Crippen LogP contribution in [0, 0.1) is 0 Å². The molecule has 0 fully saturated rings. The average molecular weight is 125 g/mol. The van der Waals surface area contributed by atoms with Crippen LogP contribution in [-0.4, -0.2) is 30.0 Å². The molecule has 2 heterocycles. The van der Waals surface area contributed by atoms with Crippen molar-refractivity contribution in [3.8, 4) is 0 Å². The summed E-state index contributed by atoms with van der Waals surface area (Å²) in [6.45, 7) is 3.79. The van der Waals surface area contributed by atoms with Gasteiger partial charge in [0.1, 0.15) is 0 Å². The fourth-order valence-corrected chi connectivity index (χ4v) is 1.68. The van der Waals surface area contributed by atoms with Gasteiger partial charge in [0.05, 0.1) is 26.1 Å². The number of rotatable bonds is 0. The first-order valence-corrected chi connectivity index (χ1v) is 3.81. The van der Waals surface area contributed by atoms with Crippen LogP contribution in [0.5, 0.6) is 0 Å². The Morgan fingerprint density at radius 2 is 2.11 bits per heavy atom. The highest BCUT2D eigenvalue weighted by molar-refractivity contribution is 5.78. The number of nitrogens with one attached hydrogen (secondary N) is 1. The standard InChI is InChI=1S/C7H12N2/c1-3-7-8-4-2-6-9(7)5-1/h1-6H2/p+1. The average Bonchev–Trinajstić information content (AvgIpc) is 2.33. The Morgan fingerprint density at radius 3 is 3.00 bits per heavy atom. The van der Waals surface area contributed by atoms with Crippen molar-refractivity contribution in [2.45, 2.75) is 19.3 Å². The van der Waals surface area contributed by atoms with E-state index in [9.17, 15) is 0 Å². The van der Waals surface area contributed by atoms with Gasteiger partial charge in [-0.15, -0.1) is 0 Å². The Balaban J connectivity index is 2.17. The molecule has 2 heteroatoms. The minimum absolute atomic E-state index is 1.20. The molecule has 0 spiro atoms. The first-order chi connectivity index (χ1) is 4.47. The van der Waals surface area contributed by atoms with Crippen LogP contribution in [0.3, 0.4) is 0 Å². The van der Waals surface area contributed by atoms with Gasteiger partial charge in [0.25, 0.3) is 0 Å². The van der Waals surface area contributed by atoms with Gasteiger partial charge >= 0.3 is 0 Å². The first kappa shape index (κ1) is 5.27. The lowest BCUT2D eigenvalue weighted by Crippen LogP contribution is -2.36. The van der Waals surface area contributed by atoms with Crippen molar-refractivity contribution >= 4 is 5.84 Å². The maximum atomic E-state index is 3.42. The van der Waals surface area contributed by atoms with Crippen LogP contribution in [-0.2, 0) is 0 Å². The molecule has 0 radical (unpaired) electrons. The van der Waals surface area contributed by atoms with Crippen LogP contribution >= 0.6 is 0 Å². The predicted octanol–water partition coefficient (Wildman–Crippen LogP) is 0.184. The van der Waals surface area contributed by atoms with Crippen LogP contribution in [0.4, 0.5) is 0 Å². The second-order valence-electron chi connectivity index (χ2n) is 2.82. The summed E-state index contributed by atoms with van der Waals surface area (Å²) in [6, 6.07) is 0. The molecule has 0 atom stereocenters. The summed E-state index contributed by atoms with van der Waals surface area (Å²) >= 11 is 0. The summed E-state index contributed by atoms with van der Waals surface area (Å²) in [5, 5.41) is 3.42. The Labute approximate surface area is 55.6 Å². The summed E-state index contributed by atoms with van der Waals surface area (Å²) < 4.78 is 2.48. The molecule has 0 aromatic heterocycles. The number of hydrogen-bond donors (Lipinski definition) is 1. The third-order valence-corrected chi connectivity index (χ3v) is 2.16. The van der Waals surface area contributed by atoms with Crippen molar-refractivity contribution in [2.24, 2.45) is 0 Å². The van der Waals surface area contributed by atoms with Gasteiger partial charge in [-0.1, -0.05) is 0 Å². The van der Waals surface area contributed by atoms with E-state index in [1.54, 1.807) is 0 Å². The van der Waals surface area contributed by atoms with Crippen LogP contribution in [0.2, 0.25) is 0 Å². The summed E-state index contributed by atoms with van der Waals surface area (Å²) in [4.78, 5) is 0. The minimum atomic E-state index is 1.20.